The van der Waals surface area contributed by atoms with Gasteiger partial charge >= 0.3 is 29.8 Å². The summed E-state index contributed by atoms with van der Waals surface area (Å²) in [4.78, 5) is 53.5. The van der Waals surface area contributed by atoms with Gasteiger partial charge in [-0.2, -0.15) is 0 Å². The Hall–Kier alpha value is -3.54. The Bertz CT molecular complexity index is 610. The SMILES string of the molecule is NC(N)=NCCC[C@H](NNCC(=O)O)C(=O)O.NCC(=O)O.N[C@@H](CC(=O)O)C(=O)O. The van der Waals surface area contributed by atoms with E-state index in [4.69, 9.17) is 42.7 Å². The maximum atomic E-state index is 10.8. The number of carbonyl (C=O) groups is 5. The van der Waals surface area contributed by atoms with E-state index in [1.54, 1.807) is 0 Å². The Morgan fingerprint density at radius 3 is 1.68 bits per heavy atom. The van der Waals surface area contributed by atoms with E-state index in [0.29, 0.717) is 13.0 Å². The van der Waals surface area contributed by atoms with Crippen LogP contribution in [0.15, 0.2) is 4.99 Å². The molecule has 0 fully saturated rings. The highest BCUT2D eigenvalue weighted by Crippen LogP contribution is 1.97. The van der Waals surface area contributed by atoms with Gasteiger partial charge in [0.1, 0.15) is 18.6 Å². The minimum absolute atomic E-state index is 0.0474. The van der Waals surface area contributed by atoms with Crippen molar-refractivity contribution in [1.29, 1.82) is 0 Å². The molecule has 2 atom stereocenters. The monoisotopic (exact) mass is 455 g/mol. The molecule has 0 spiro atoms. The smallest absolute Gasteiger partial charge is 0.322 e. The molecule has 0 amide bonds. The zero-order valence-corrected chi connectivity index (χ0v) is 16.4. The van der Waals surface area contributed by atoms with E-state index >= 15 is 0 Å². The fourth-order valence-electron chi connectivity index (χ4n) is 1.29. The van der Waals surface area contributed by atoms with E-state index in [9.17, 15) is 24.0 Å². The second kappa shape index (κ2) is 19.8. The highest BCUT2D eigenvalue weighted by molar-refractivity contribution is 5.80. The fourth-order valence-corrected chi connectivity index (χ4v) is 1.29. The number of hydrazine groups is 1. The van der Waals surface area contributed by atoms with E-state index in [1.165, 1.54) is 0 Å². The molecule has 0 aliphatic heterocycles. The van der Waals surface area contributed by atoms with Crippen LogP contribution in [0, 0.1) is 0 Å². The summed E-state index contributed by atoms with van der Waals surface area (Å²) in [7, 11) is 0. The molecule has 0 rings (SSSR count). The molecule has 31 heavy (non-hydrogen) atoms. The molecule has 17 heteroatoms. The van der Waals surface area contributed by atoms with Crippen LogP contribution in [-0.2, 0) is 24.0 Å². The van der Waals surface area contributed by atoms with Crippen molar-refractivity contribution in [2.75, 3.05) is 19.6 Å². The molecule has 180 valence electrons. The molecular formula is C14H29N7O10. The number of nitrogens with two attached hydrogens (primary N) is 4. The normalized spacial score (nSPS) is 11.3. The zero-order valence-electron chi connectivity index (χ0n) is 16.4. The number of nitrogens with one attached hydrogen (secondary N) is 2. The number of rotatable bonds is 13. The van der Waals surface area contributed by atoms with Gasteiger partial charge in [0.05, 0.1) is 13.0 Å². The lowest BCUT2D eigenvalue weighted by atomic mass is 10.2. The second-order valence-corrected chi connectivity index (χ2v) is 5.37. The summed E-state index contributed by atoms with van der Waals surface area (Å²) in [5.41, 5.74) is 24.3. The van der Waals surface area contributed by atoms with Crippen LogP contribution in [0.1, 0.15) is 19.3 Å². The summed E-state index contributed by atoms with van der Waals surface area (Å²) in [6.07, 6.45) is 0.213. The highest BCUT2D eigenvalue weighted by atomic mass is 16.4. The Kier molecular flexibility index (Phi) is 20.5. The summed E-state index contributed by atoms with van der Waals surface area (Å²) in [5.74, 6) is -5.67. The predicted octanol–water partition coefficient (Wildman–Crippen LogP) is -4.43. The summed E-state index contributed by atoms with van der Waals surface area (Å²) < 4.78 is 0. The lowest BCUT2D eigenvalue weighted by Crippen LogP contribution is -2.47. The van der Waals surface area contributed by atoms with Gasteiger partial charge in [-0.15, -0.1) is 0 Å². The number of hydrogen-bond acceptors (Lipinski definition) is 10. The largest absolute Gasteiger partial charge is 0.481 e. The Morgan fingerprint density at radius 1 is 0.871 bits per heavy atom. The first-order valence-corrected chi connectivity index (χ1v) is 8.34. The van der Waals surface area contributed by atoms with E-state index in [2.05, 4.69) is 21.6 Å². The maximum Gasteiger partial charge on any atom is 0.322 e. The van der Waals surface area contributed by atoms with Gasteiger partial charge in [0, 0.05) is 6.54 Å². The van der Waals surface area contributed by atoms with Crippen LogP contribution in [0.4, 0.5) is 0 Å². The van der Waals surface area contributed by atoms with Crippen molar-refractivity contribution >= 4 is 35.8 Å². The number of nitrogens with zero attached hydrogens (tertiary/aromatic N) is 1. The van der Waals surface area contributed by atoms with Gasteiger partial charge < -0.3 is 48.5 Å². The van der Waals surface area contributed by atoms with Crippen molar-refractivity contribution in [3.05, 3.63) is 0 Å². The van der Waals surface area contributed by atoms with Gasteiger partial charge in [-0.25, -0.2) is 10.9 Å². The van der Waals surface area contributed by atoms with Crippen LogP contribution in [0.25, 0.3) is 0 Å². The third-order valence-corrected chi connectivity index (χ3v) is 2.65. The van der Waals surface area contributed by atoms with Crippen LogP contribution in [0.5, 0.6) is 0 Å². The van der Waals surface area contributed by atoms with E-state index in [-0.39, 0.29) is 25.5 Å². The van der Waals surface area contributed by atoms with E-state index in [1.807, 2.05) is 0 Å². The van der Waals surface area contributed by atoms with E-state index in [0.717, 1.165) is 0 Å². The first-order valence-electron chi connectivity index (χ1n) is 8.34. The Balaban J connectivity index is -0.000000465. The summed E-state index contributed by atoms with van der Waals surface area (Å²) >= 11 is 0. The molecule has 0 unspecified atom stereocenters. The molecule has 0 aromatic rings. The van der Waals surface area contributed by atoms with Crippen LogP contribution < -0.4 is 33.8 Å². The van der Waals surface area contributed by atoms with Gasteiger partial charge in [0.2, 0.25) is 0 Å². The standard InChI is InChI=1S/C8H17N5O4.C4H7NO4.C2H5NO2/c9-8(10)11-3-1-2-5(7(16)17)13-12-4-6(14)15;5-2(4(8)9)1-3(6)7;3-1-2(4)5/h5,12-13H,1-4H2,(H,14,15)(H,16,17)(H4,9,10,11);2H,1,5H2,(H,6,7)(H,8,9);1,3H2,(H,4,5)/t5-;2-;/m00./s1. The van der Waals surface area contributed by atoms with E-state index < -0.39 is 48.4 Å². The van der Waals surface area contributed by atoms with Crippen molar-refractivity contribution < 1.29 is 49.5 Å². The van der Waals surface area contributed by atoms with Crippen LogP contribution in [-0.4, -0.2) is 93.1 Å². The number of carboxylic acids is 5. The number of carboxylic acid groups (broad SMARTS) is 5. The quantitative estimate of drug-likeness (QED) is 0.0539. The molecule has 17 nitrogen and oxygen atoms in total. The number of guanidine groups is 1. The minimum Gasteiger partial charge on any atom is -0.481 e. The lowest BCUT2D eigenvalue weighted by molar-refractivity contribution is -0.144. The third kappa shape index (κ3) is 28.8. The molecule has 0 aromatic heterocycles. The Labute approximate surface area is 176 Å². The second-order valence-electron chi connectivity index (χ2n) is 5.37. The number of aliphatic carboxylic acids is 5. The number of hydrogen-bond donors (Lipinski definition) is 11. The molecular weight excluding hydrogens is 426 g/mol. The van der Waals surface area contributed by atoms with Crippen LogP contribution >= 0.6 is 0 Å². The lowest BCUT2D eigenvalue weighted by Gasteiger charge is -2.13. The molecule has 15 N–H and O–H groups in total. The molecule has 0 heterocycles. The molecule has 0 bridgehead atoms. The van der Waals surface area contributed by atoms with Crippen molar-refractivity contribution in [3.63, 3.8) is 0 Å². The average molecular weight is 455 g/mol. The van der Waals surface area contributed by atoms with Gasteiger partial charge in [-0.1, -0.05) is 0 Å². The van der Waals surface area contributed by atoms with Gasteiger partial charge in [-0.05, 0) is 12.8 Å². The summed E-state index contributed by atoms with van der Waals surface area (Å²) in [6, 6.07) is -2.17. The van der Waals surface area contributed by atoms with Crippen molar-refractivity contribution in [3.8, 4) is 0 Å². The van der Waals surface area contributed by atoms with Crippen molar-refractivity contribution in [1.82, 2.24) is 10.9 Å². The summed E-state index contributed by atoms with van der Waals surface area (Å²) in [6.45, 7) is -0.315. The maximum absolute atomic E-state index is 10.8. The summed E-state index contributed by atoms with van der Waals surface area (Å²) in [5, 5.41) is 40.8. The first kappa shape index (κ1) is 32.1. The van der Waals surface area contributed by atoms with Crippen LogP contribution in [0.3, 0.4) is 0 Å². The van der Waals surface area contributed by atoms with Crippen molar-refractivity contribution in [2.24, 2.45) is 27.9 Å². The Morgan fingerprint density at radius 2 is 1.39 bits per heavy atom. The van der Waals surface area contributed by atoms with Gasteiger partial charge in [0.15, 0.2) is 5.96 Å². The molecule has 0 saturated carbocycles. The van der Waals surface area contributed by atoms with Crippen molar-refractivity contribution in [2.45, 2.75) is 31.3 Å². The van der Waals surface area contributed by atoms with Gasteiger partial charge in [-0.3, -0.25) is 29.0 Å². The molecule has 0 radical (unpaired) electrons. The topological polar surface area (TPSA) is 327 Å². The minimum atomic E-state index is -1.29. The van der Waals surface area contributed by atoms with Crippen LogP contribution in [0.2, 0.25) is 0 Å². The fraction of sp³-hybridized carbons (Fsp3) is 0.571. The molecule has 0 aliphatic carbocycles. The third-order valence-electron chi connectivity index (χ3n) is 2.65. The molecule has 0 aliphatic rings. The highest BCUT2D eigenvalue weighted by Gasteiger charge is 2.16. The first-order chi connectivity index (χ1) is 14.2. The van der Waals surface area contributed by atoms with Gasteiger partial charge in [0.25, 0.3) is 0 Å². The zero-order chi connectivity index (χ0) is 25.0. The molecule has 0 aromatic carbocycles. The average Bonchev–Trinajstić information content (AvgIpc) is 2.63. The number of aliphatic imine (C=N–C) groups is 1. The predicted molar refractivity (Wildman–Crippen MR) is 105 cm³/mol. The molecule has 0 saturated heterocycles.